The molecule has 2 atom stereocenters. The summed E-state index contributed by atoms with van der Waals surface area (Å²) in [5, 5.41) is 13.8. The Hall–Kier alpha value is -0.120. The topological polar surface area (TPSA) is 35.5 Å². The van der Waals surface area contributed by atoms with E-state index in [1.165, 1.54) is 51.6 Å². The third-order valence-corrected chi connectivity index (χ3v) is 4.96. The number of hydrogen-bond donors (Lipinski definition) is 2. The van der Waals surface area contributed by atoms with Gasteiger partial charge in [0.25, 0.3) is 0 Å². The number of aliphatic hydroxyl groups is 1. The van der Waals surface area contributed by atoms with E-state index in [4.69, 9.17) is 0 Å². The zero-order valence-electron chi connectivity index (χ0n) is 11.7. The van der Waals surface area contributed by atoms with Crippen molar-refractivity contribution in [3.05, 3.63) is 0 Å². The molecule has 2 unspecified atom stereocenters. The van der Waals surface area contributed by atoms with Crippen molar-refractivity contribution in [2.24, 2.45) is 11.8 Å². The Kier molecular flexibility index (Phi) is 3.65. The zero-order chi connectivity index (χ0) is 12.6. The second kappa shape index (κ2) is 5.10. The zero-order valence-corrected chi connectivity index (χ0v) is 11.7. The van der Waals surface area contributed by atoms with Crippen LogP contribution in [-0.4, -0.2) is 47.8 Å². The van der Waals surface area contributed by atoms with E-state index in [-0.39, 0.29) is 5.54 Å². The lowest BCUT2D eigenvalue weighted by atomic mass is 9.90. The number of rotatable bonds is 6. The third-order valence-electron chi connectivity index (χ3n) is 4.96. The molecule has 18 heavy (non-hydrogen) atoms. The molecule has 0 radical (unpaired) electrons. The fraction of sp³-hybridized carbons (Fsp3) is 1.00. The highest BCUT2D eigenvalue weighted by Crippen LogP contribution is 2.42. The summed E-state index contributed by atoms with van der Waals surface area (Å²) in [6, 6.07) is 0.694. The summed E-state index contributed by atoms with van der Waals surface area (Å²) in [6.07, 6.45) is 7.95. The average molecular weight is 252 g/mol. The van der Waals surface area contributed by atoms with Crippen LogP contribution < -0.4 is 5.32 Å². The van der Waals surface area contributed by atoms with Crippen molar-refractivity contribution in [2.45, 2.75) is 57.0 Å². The minimum atomic E-state index is 0.0121. The van der Waals surface area contributed by atoms with Crippen molar-refractivity contribution in [3.63, 3.8) is 0 Å². The van der Waals surface area contributed by atoms with Crippen molar-refractivity contribution in [3.8, 4) is 0 Å². The summed E-state index contributed by atoms with van der Waals surface area (Å²) >= 11 is 0. The minimum absolute atomic E-state index is 0.0121. The number of nitrogens with one attached hydrogen (secondary N) is 1. The molecule has 0 aromatic carbocycles. The first-order valence-corrected chi connectivity index (χ1v) is 7.83. The Morgan fingerprint density at radius 3 is 2.56 bits per heavy atom. The highest BCUT2D eigenvalue weighted by molar-refractivity contribution is 5.06. The van der Waals surface area contributed by atoms with Gasteiger partial charge in [-0.3, -0.25) is 0 Å². The normalized spacial score (nSPS) is 33.3. The first-order chi connectivity index (χ1) is 8.72. The molecular weight excluding hydrogens is 224 g/mol. The number of aliphatic hydroxyl groups excluding tert-OH is 1. The molecule has 3 heteroatoms. The van der Waals surface area contributed by atoms with E-state index in [9.17, 15) is 5.11 Å². The van der Waals surface area contributed by atoms with Crippen molar-refractivity contribution in [1.82, 2.24) is 10.2 Å². The molecule has 3 nitrogen and oxygen atoms in total. The molecule has 2 aliphatic carbocycles. The van der Waals surface area contributed by atoms with Crippen LogP contribution in [0.4, 0.5) is 0 Å². The molecule has 1 aliphatic heterocycles. The molecule has 0 spiro atoms. The second-order valence-electron chi connectivity index (χ2n) is 6.99. The van der Waals surface area contributed by atoms with Gasteiger partial charge in [0.1, 0.15) is 0 Å². The van der Waals surface area contributed by atoms with Crippen LogP contribution in [0.15, 0.2) is 0 Å². The lowest BCUT2D eigenvalue weighted by Gasteiger charge is -2.41. The van der Waals surface area contributed by atoms with Crippen LogP contribution in [-0.2, 0) is 0 Å². The molecular formula is C15H28N2O. The van der Waals surface area contributed by atoms with Gasteiger partial charge in [0.05, 0.1) is 12.1 Å². The summed E-state index contributed by atoms with van der Waals surface area (Å²) in [5.41, 5.74) is 0.0121. The standard InChI is InChI=1S/C15H28N2O/c1-12-3-2-8-17(9-12)10-15(11-18,13-4-5-13)16-14-6-7-14/h12-14,16,18H,2-11H2,1H3. The smallest absolute Gasteiger partial charge is 0.0628 e. The monoisotopic (exact) mass is 252 g/mol. The fourth-order valence-electron chi connectivity index (χ4n) is 3.62. The van der Waals surface area contributed by atoms with E-state index >= 15 is 0 Å². The largest absolute Gasteiger partial charge is 0.394 e. The Balaban J connectivity index is 1.63. The molecule has 0 aromatic rings. The molecule has 3 fully saturated rings. The van der Waals surface area contributed by atoms with E-state index < -0.39 is 0 Å². The van der Waals surface area contributed by atoms with Gasteiger partial charge < -0.3 is 15.3 Å². The molecule has 3 rings (SSSR count). The second-order valence-corrected chi connectivity index (χ2v) is 6.99. The summed E-state index contributed by atoms with van der Waals surface area (Å²) in [7, 11) is 0. The molecule has 1 saturated heterocycles. The van der Waals surface area contributed by atoms with E-state index in [0.29, 0.717) is 12.6 Å². The Bertz CT molecular complexity index is 288. The fourth-order valence-corrected chi connectivity index (χ4v) is 3.62. The predicted octanol–water partition coefficient (Wildman–Crippen LogP) is 1.61. The van der Waals surface area contributed by atoms with E-state index in [1.54, 1.807) is 0 Å². The van der Waals surface area contributed by atoms with Crippen molar-refractivity contribution >= 4 is 0 Å². The first kappa shape index (κ1) is 12.9. The van der Waals surface area contributed by atoms with Gasteiger partial charge in [-0.25, -0.2) is 0 Å². The lowest BCUT2D eigenvalue weighted by Crippen LogP contribution is -2.59. The van der Waals surface area contributed by atoms with Crippen LogP contribution in [0.25, 0.3) is 0 Å². The summed E-state index contributed by atoms with van der Waals surface area (Å²) in [4.78, 5) is 2.60. The molecule has 2 saturated carbocycles. The van der Waals surface area contributed by atoms with Crippen LogP contribution in [0.1, 0.15) is 45.4 Å². The highest BCUT2D eigenvalue weighted by Gasteiger charge is 2.48. The average Bonchev–Trinajstić information content (AvgIpc) is 3.21. The maximum absolute atomic E-state index is 9.97. The Morgan fingerprint density at radius 1 is 1.22 bits per heavy atom. The molecule has 104 valence electrons. The van der Waals surface area contributed by atoms with Crippen molar-refractivity contribution < 1.29 is 5.11 Å². The van der Waals surface area contributed by atoms with Gasteiger partial charge in [-0.1, -0.05) is 6.92 Å². The number of likely N-dealkylation sites (tertiary alicyclic amines) is 1. The molecule has 1 heterocycles. The van der Waals surface area contributed by atoms with Crippen LogP contribution in [0.5, 0.6) is 0 Å². The van der Waals surface area contributed by atoms with Gasteiger partial charge in [-0.05, 0) is 56.9 Å². The SMILES string of the molecule is CC1CCCN(CC(CO)(NC2CC2)C2CC2)C1. The van der Waals surface area contributed by atoms with Gasteiger partial charge in [-0.2, -0.15) is 0 Å². The van der Waals surface area contributed by atoms with E-state index in [0.717, 1.165) is 18.4 Å². The highest BCUT2D eigenvalue weighted by atomic mass is 16.3. The van der Waals surface area contributed by atoms with Crippen LogP contribution in [0, 0.1) is 11.8 Å². The first-order valence-electron chi connectivity index (χ1n) is 7.83. The van der Waals surface area contributed by atoms with Crippen molar-refractivity contribution in [1.29, 1.82) is 0 Å². The number of hydrogen-bond acceptors (Lipinski definition) is 3. The predicted molar refractivity (Wildman–Crippen MR) is 73.5 cm³/mol. The van der Waals surface area contributed by atoms with Gasteiger partial charge in [0.15, 0.2) is 0 Å². The molecule has 3 aliphatic rings. The third kappa shape index (κ3) is 2.89. The number of nitrogens with zero attached hydrogens (tertiary/aromatic N) is 1. The molecule has 0 bridgehead atoms. The van der Waals surface area contributed by atoms with Gasteiger partial charge in [0, 0.05) is 19.1 Å². The molecule has 0 aromatic heterocycles. The van der Waals surface area contributed by atoms with E-state index in [2.05, 4.69) is 17.1 Å². The lowest BCUT2D eigenvalue weighted by molar-refractivity contribution is 0.0695. The number of piperidine rings is 1. The maximum atomic E-state index is 9.97. The van der Waals surface area contributed by atoms with Crippen LogP contribution in [0.2, 0.25) is 0 Å². The van der Waals surface area contributed by atoms with Crippen molar-refractivity contribution in [2.75, 3.05) is 26.2 Å². The Labute approximate surface area is 111 Å². The van der Waals surface area contributed by atoms with Gasteiger partial charge >= 0.3 is 0 Å². The quantitative estimate of drug-likeness (QED) is 0.754. The molecule has 0 amide bonds. The summed E-state index contributed by atoms with van der Waals surface area (Å²) < 4.78 is 0. The minimum Gasteiger partial charge on any atom is -0.394 e. The summed E-state index contributed by atoms with van der Waals surface area (Å²) in [6.45, 7) is 6.19. The van der Waals surface area contributed by atoms with Crippen LogP contribution >= 0.6 is 0 Å². The maximum Gasteiger partial charge on any atom is 0.0628 e. The summed E-state index contributed by atoms with van der Waals surface area (Å²) in [5.74, 6) is 1.55. The Morgan fingerprint density at radius 2 is 2.00 bits per heavy atom. The molecule has 2 N–H and O–H groups in total. The van der Waals surface area contributed by atoms with Crippen LogP contribution in [0.3, 0.4) is 0 Å². The van der Waals surface area contributed by atoms with E-state index in [1.807, 2.05) is 0 Å². The van der Waals surface area contributed by atoms with Gasteiger partial charge in [0.2, 0.25) is 0 Å². The van der Waals surface area contributed by atoms with Gasteiger partial charge in [-0.15, -0.1) is 0 Å².